The summed E-state index contributed by atoms with van der Waals surface area (Å²) in [6.45, 7) is 2.52. The molecular formula is C19H19NO4. The Labute approximate surface area is 140 Å². The molecule has 5 heteroatoms. The minimum absolute atomic E-state index is 0.116. The highest BCUT2D eigenvalue weighted by Gasteiger charge is 2.33. The molecule has 2 atom stereocenters. The van der Waals surface area contributed by atoms with E-state index in [1.165, 1.54) is 12.5 Å². The van der Waals surface area contributed by atoms with Gasteiger partial charge >= 0.3 is 5.97 Å². The first-order valence-electron chi connectivity index (χ1n) is 8.10. The maximum absolute atomic E-state index is 11.7. The summed E-state index contributed by atoms with van der Waals surface area (Å²) in [6, 6.07) is 13.8. The van der Waals surface area contributed by atoms with Crippen LogP contribution >= 0.6 is 0 Å². The topological polar surface area (TPSA) is 56.8 Å². The summed E-state index contributed by atoms with van der Waals surface area (Å²) in [4.78, 5) is 11.7. The zero-order valence-electron chi connectivity index (χ0n) is 13.5. The number of hydrogen-bond acceptors (Lipinski definition) is 5. The third-order valence-corrected chi connectivity index (χ3v) is 4.45. The van der Waals surface area contributed by atoms with E-state index >= 15 is 0 Å². The zero-order valence-corrected chi connectivity index (χ0v) is 13.5. The van der Waals surface area contributed by atoms with E-state index < -0.39 is 0 Å². The van der Waals surface area contributed by atoms with Gasteiger partial charge in [-0.2, -0.15) is 0 Å². The minimum Gasteiger partial charge on any atom is -0.456 e. The summed E-state index contributed by atoms with van der Waals surface area (Å²) in [7, 11) is 0. The number of benzene rings is 2. The van der Waals surface area contributed by atoms with E-state index in [9.17, 15) is 4.79 Å². The lowest BCUT2D eigenvalue weighted by atomic mass is 9.88. The molecule has 0 saturated carbocycles. The monoisotopic (exact) mass is 325 g/mol. The fourth-order valence-corrected chi connectivity index (χ4v) is 3.40. The van der Waals surface area contributed by atoms with Gasteiger partial charge in [0.1, 0.15) is 6.10 Å². The Morgan fingerprint density at radius 3 is 2.71 bits per heavy atom. The first-order valence-corrected chi connectivity index (χ1v) is 8.10. The molecule has 0 saturated heterocycles. The lowest BCUT2D eigenvalue weighted by molar-refractivity contribution is -0.148. The summed E-state index contributed by atoms with van der Waals surface area (Å²) < 4.78 is 16.7. The highest BCUT2D eigenvalue weighted by atomic mass is 16.7. The average molecular weight is 325 g/mol. The summed E-state index contributed by atoms with van der Waals surface area (Å²) >= 11 is 0. The molecular weight excluding hydrogens is 306 g/mol. The largest absolute Gasteiger partial charge is 0.456 e. The van der Waals surface area contributed by atoms with Crippen LogP contribution in [-0.4, -0.2) is 19.3 Å². The van der Waals surface area contributed by atoms with Gasteiger partial charge in [0.25, 0.3) is 0 Å². The second kappa shape index (κ2) is 6.17. The highest BCUT2D eigenvalue weighted by Crippen LogP contribution is 2.42. The Bertz CT molecular complexity index is 759. The number of hydrogen-bond donors (Lipinski definition) is 1. The van der Waals surface area contributed by atoms with Gasteiger partial charge in [-0.3, -0.25) is 4.79 Å². The van der Waals surface area contributed by atoms with Gasteiger partial charge in [-0.25, -0.2) is 0 Å². The van der Waals surface area contributed by atoms with Gasteiger partial charge in [0.15, 0.2) is 11.5 Å². The van der Waals surface area contributed by atoms with E-state index in [0.29, 0.717) is 0 Å². The molecule has 0 aliphatic carbocycles. The molecule has 4 rings (SSSR count). The van der Waals surface area contributed by atoms with E-state index in [1.54, 1.807) is 0 Å². The molecule has 2 aliphatic heterocycles. The van der Waals surface area contributed by atoms with Gasteiger partial charge in [-0.15, -0.1) is 0 Å². The zero-order chi connectivity index (χ0) is 16.5. The molecule has 24 heavy (non-hydrogen) atoms. The average Bonchev–Trinajstić information content (AvgIpc) is 3.05. The molecule has 2 unspecified atom stereocenters. The van der Waals surface area contributed by atoms with Crippen molar-refractivity contribution in [1.29, 1.82) is 0 Å². The van der Waals surface area contributed by atoms with Crippen molar-refractivity contribution < 1.29 is 19.0 Å². The number of nitrogens with one attached hydrogen (secondary N) is 1. The second-order valence-electron chi connectivity index (χ2n) is 6.03. The molecule has 0 radical (unpaired) electrons. The summed E-state index contributed by atoms with van der Waals surface area (Å²) in [6.07, 6.45) is 0.521. The quantitative estimate of drug-likeness (QED) is 0.880. The molecule has 2 aromatic rings. The van der Waals surface area contributed by atoms with Crippen LogP contribution in [0.5, 0.6) is 11.5 Å². The van der Waals surface area contributed by atoms with E-state index in [2.05, 4.69) is 5.32 Å². The molecule has 0 bridgehead atoms. The number of carbonyl (C=O) groups is 1. The third-order valence-electron chi connectivity index (χ3n) is 4.45. The van der Waals surface area contributed by atoms with Crippen LogP contribution in [0.25, 0.3) is 0 Å². The fourth-order valence-electron chi connectivity index (χ4n) is 3.40. The third kappa shape index (κ3) is 2.71. The lowest BCUT2D eigenvalue weighted by Crippen LogP contribution is -2.35. The smallest absolute Gasteiger partial charge is 0.303 e. The van der Waals surface area contributed by atoms with Gasteiger partial charge in [0.2, 0.25) is 6.79 Å². The van der Waals surface area contributed by atoms with Crippen molar-refractivity contribution in [2.45, 2.75) is 25.5 Å². The number of carbonyl (C=O) groups excluding carboxylic acids is 1. The second-order valence-corrected chi connectivity index (χ2v) is 6.03. The molecule has 0 amide bonds. The molecule has 0 aromatic heterocycles. The maximum atomic E-state index is 11.7. The van der Waals surface area contributed by atoms with Gasteiger partial charge < -0.3 is 19.5 Å². The van der Waals surface area contributed by atoms with Crippen LogP contribution in [0.4, 0.5) is 0 Å². The number of esters is 1. The Morgan fingerprint density at radius 2 is 1.96 bits per heavy atom. The molecule has 1 N–H and O–H groups in total. The van der Waals surface area contributed by atoms with Crippen molar-refractivity contribution in [2.75, 3.05) is 13.3 Å². The molecule has 0 fully saturated rings. The van der Waals surface area contributed by atoms with Crippen molar-refractivity contribution in [3.63, 3.8) is 0 Å². The van der Waals surface area contributed by atoms with Crippen LogP contribution in [0.15, 0.2) is 42.5 Å². The van der Waals surface area contributed by atoms with Crippen molar-refractivity contribution in [2.24, 2.45) is 0 Å². The van der Waals surface area contributed by atoms with Gasteiger partial charge in [-0.1, -0.05) is 30.3 Å². The SMILES string of the molecule is CC(=O)OC(c1ccccc1)C1NCCc2cc3c(cc21)OCO3. The first kappa shape index (κ1) is 15.0. The van der Waals surface area contributed by atoms with Crippen molar-refractivity contribution >= 4 is 5.97 Å². The fraction of sp³-hybridized carbons (Fsp3) is 0.316. The van der Waals surface area contributed by atoms with Crippen LogP contribution in [0, 0.1) is 0 Å². The predicted octanol–water partition coefficient (Wildman–Crippen LogP) is 2.91. The number of ether oxygens (including phenoxy) is 3. The Balaban J connectivity index is 1.76. The molecule has 0 spiro atoms. The first-order chi connectivity index (χ1) is 11.7. The molecule has 124 valence electrons. The molecule has 2 heterocycles. The maximum Gasteiger partial charge on any atom is 0.303 e. The van der Waals surface area contributed by atoms with Crippen molar-refractivity contribution in [3.8, 4) is 11.5 Å². The van der Waals surface area contributed by atoms with Gasteiger partial charge in [0.05, 0.1) is 6.04 Å². The highest BCUT2D eigenvalue weighted by molar-refractivity contribution is 5.66. The molecule has 2 aliphatic rings. The Morgan fingerprint density at radius 1 is 1.21 bits per heavy atom. The minimum atomic E-state index is -0.386. The van der Waals surface area contributed by atoms with Crippen molar-refractivity contribution in [1.82, 2.24) is 5.32 Å². The predicted molar refractivity (Wildman–Crippen MR) is 88.0 cm³/mol. The summed E-state index contributed by atoms with van der Waals surface area (Å²) in [5.74, 6) is 1.24. The molecule has 5 nitrogen and oxygen atoms in total. The van der Waals surface area contributed by atoms with Crippen LogP contribution < -0.4 is 14.8 Å². The summed E-state index contributed by atoms with van der Waals surface area (Å²) in [5, 5.41) is 3.50. The Kier molecular flexibility index (Phi) is 3.86. The van der Waals surface area contributed by atoms with E-state index in [-0.39, 0.29) is 24.9 Å². The Hall–Kier alpha value is -2.53. The standard InChI is InChI=1S/C19H19NO4/c1-12(21)24-19(13-5-3-2-4-6-13)18-15-10-17-16(22-11-23-17)9-14(15)7-8-20-18/h2-6,9-10,18-20H,7-8,11H2,1H3. The van der Waals surface area contributed by atoms with E-state index in [0.717, 1.165) is 35.6 Å². The van der Waals surface area contributed by atoms with Crippen LogP contribution in [0.3, 0.4) is 0 Å². The van der Waals surface area contributed by atoms with E-state index in [1.807, 2.05) is 42.5 Å². The van der Waals surface area contributed by atoms with E-state index in [4.69, 9.17) is 14.2 Å². The summed E-state index contributed by atoms with van der Waals surface area (Å²) in [5.41, 5.74) is 3.27. The van der Waals surface area contributed by atoms with Gasteiger partial charge in [-0.05, 0) is 41.8 Å². The van der Waals surface area contributed by atoms with Crippen molar-refractivity contribution in [3.05, 3.63) is 59.2 Å². The lowest BCUT2D eigenvalue weighted by Gasteiger charge is -2.33. The van der Waals surface area contributed by atoms with Crippen LogP contribution in [-0.2, 0) is 16.0 Å². The van der Waals surface area contributed by atoms with Crippen LogP contribution in [0.1, 0.15) is 35.8 Å². The number of rotatable bonds is 3. The molecule has 2 aromatic carbocycles. The normalized spacial score (nSPS) is 19.5. The van der Waals surface area contributed by atoms with Crippen LogP contribution in [0.2, 0.25) is 0 Å². The number of fused-ring (bicyclic) bond motifs is 2. The van der Waals surface area contributed by atoms with Gasteiger partial charge in [0, 0.05) is 6.92 Å².